The molecule has 4 aliphatic rings. The van der Waals surface area contributed by atoms with Crippen LogP contribution in [0, 0.1) is 0 Å². The first-order valence-electron chi connectivity index (χ1n) is 24.5. The van der Waals surface area contributed by atoms with Gasteiger partial charge < -0.3 is 18.7 Å². The molecule has 0 bridgehead atoms. The van der Waals surface area contributed by atoms with Crippen molar-refractivity contribution in [3.05, 3.63) is 174 Å². The van der Waals surface area contributed by atoms with Gasteiger partial charge in [0.2, 0.25) is 0 Å². The fourth-order valence-electron chi connectivity index (χ4n) is 12.4. The lowest BCUT2D eigenvalue weighted by Crippen LogP contribution is -2.69. The highest BCUT2D eigenvalue weighted by Crippen LogP contribution is 2.53. The molecule has 6 heteroatoms. The van der Waals surface area contributed by atoms with Gasteiger partial charge in [-0.2, -0.15) is 0 Å². The molecule has 328 valence electrons. The number of fused-ring (bicyclic) bond motifs is 14. The van der Waals surface area contributed by atoms with Crippen molar-refractivity contribution >= 4 is 102 Å². The third kappa shape index (κ3) is 5.29. The average Bonchev–Trinajstić information content (AvgIpc) is 3.87. The van der Waals surface area contributed by atoms with Gasteiger partial charge in [0.1, 0.15) is 5.58 Å². The second kappa shape index (κ2) is 13.3. The number of anilines is 5. The highest BCUT2D eigenvalue weighted by Gasteiger charge is 2.54. The van der Waals surface area contributed by atoms with Gasteiger partial charge in [-0.15, -0.1) is 0 Å². The molecule has 4 nitrogen and oxygen atoms in total. The van der Waals surface area contributed by atoms with Crippen LogP contribution >= 0.6 is 0 Å². The molecule has 0 saturated carbocycles. The molecule has 0 saturated heterocycles. The molecule has 6 heterocycles. The van der Waals surface area contributed by atoms with Gasteiger partial charge in [-0.3, -0.25) is 0 Å². The molecule has 4 aliphatic heterocycles. The summed E-state index contributed by atoms with van der Waals surface area (Å²) >= 11 is 0. The zero-order valence-electron chi connectivity index (χ0n) is 40.4. The number of para-hydroxylation sites is 3. The molecular weight excluding hydrogens is 824 g/mol. The first-order valence-corrected chi connectivity index (χ1v) is 24.5. The van der Waals surface area contributed by atoms with E-state index in [2.05, 4.69) is 234 Å². The van der Waals surface area contributed by atoms with Crippen LogP contribution in [0.15, 0.2) is 162 Å². The average molecular weight is 878 g/mol. The summed E-state index contributed by atoms with van der Waals surface area (Å²) in [5.74, 6) is 0. The SMILES string of the molecule is CC(C)(C)c1ccc2c(c1)B1c3cc(C(C)(C)C)ccc3-c3ccc4c5c3N1c1c(cc(C(C)(C)C)cc1-2)B5c1oc2ccccc2c1N4c1cccc(-n2c3ccccc3c3ccccc32)c1. The minimum Gasteiger partial charge on any atom is -0.468 e. The van der Waals surface area contributed by atoms with Gasteiger partial charge in [-0.05, 0) is 121 Å². The maximum absolute atomic E-state index is 7.38. The summed E-state index contributed by atoms with van der Waals surface area (Å²) in [4.78, 5) is 5.32. The summed E-state index contributed by atoms with van der Waals surface area (Å²) in [6, 6.07) is 60.1. The van der Waals surface area contributed by atoms with Crippen molar-refractivity contribution in [1.29, 1.82) is 0 Å². The van der Waals surface area contributed by atoms with Crippen molar-refractivity contribution in [2.75, 3.05) is 9.71 Å². The predicted molar refractivity (Wildman–Crippen MR) is 290 cm³/mol. The Morgan fingerprint density at radius 3 is 1.63 bits per heavy atom. The van der Waals surface area contributed by atoms with Gasteiger partial charge in [-0.1, -0.05) is 165 Å². The number of hydrogen-bond donors (Lipinski definition) is 0. The van der Waals surface area contributed by atoms with E-state index in [1.54, 1.807) is 0 Å². The van der Waals surface area contributed by atoms with Crippen molar-refractivity contribution in [3.63, 3.8) is 0 Å². The van der Waals surface area contributed by atoms with E-state index in [-0.39, 0.29) is 29.8 Å². The minimum absolute atomic E-state index is 0.0143. The monoisotopic (exact) mass is 877 g/mol. The van der Waals surface area contributed by atoms with Gasteiger partial charge in [0.05, 0.1) is 22.4 Å². The standard InChI is InChI=1S/C62H53B2N3O/c1-60(2,3)36-25-27-41-45-29-30-53-55-57(45)67-56-47(42-28-26-37(61(4,5)6)33-49(42)64(67)48(41)32-36)31-38(62(7,8)9)34-50(56)63(55)59-58(46-21-12-15-24-54(46)68-59)66(53)40-18-16-17-39(35-40)65-51-22-13-10-19-43(51)44-20-11-14-23-52(44)65/h10-35H,1-9H3. The molecular formula is C62H53B2N3O. The summed E-state index contributed by atoms with van der Waals surface area (Å²) in [5, 5.41) is 3.63. The highest BCUT2D eigenvalue weighted by molar-refractivity contribution is 7.03. The van der Waals surface area contributed by atoms with E-state index in [4.69, 9.17) is 4.42 Å². The van der Waals surface area contributed by atoms with Crippen LogP contribution in [0.3, 0.4) is 0 Å². The van der Waals surface area contributed by atoms with Gasteiger partial charge >= 0.3 is 6.85 Å². The molecule has 0 spiro atoms. The number of hydrogen-bond acceptors (Lipinski definition) is 3. The topological polar surface area (TPSA) is 24.6 Å². The fourth-order valence-corrected chi connectivity index (χ4v) is 12.4. The summed E-state index contributed by atoms with van der Waals surface area (Å²) in [5.41, 5.74) is 26.0. The first kappa shape index (κ1) is 39.9. The van der Waals surface area contributed by atoms with Gasteiger partial charge in [0.15, 0.2) is 0 Å². The molecule has 68 heavy (non-hydrogen) atoms. The lowest BCUT2D eigenvalue weighted by atomic mass is 9.31. The highest BCUT2D eigenvalue weighted by atomic mass is 16.3. The first-order chi connectivity index (χ1) is 32.6. The van der Waals surface area contributed by atoms with Gasteiger partial charge in [0, 0.05) is 55.7 Å². The van der Waals surface area contributed by atoms with Crippen molar-refractivity contribution in [1.82, 2.24) is 4.57 Å². The van der Waals surface area contributed by atoms with Crippen LogP contribution in [0.4, 0.5) is 28.4 Å². The third-order valence-corrected chi connectivity index (χ3v) is 15.8. The van der Waals surface area contributed by atoms with Crippen molar-refractivity contribution in [3.8, 4) is 27.9 Å². The van der Waals surface area contributed by atoms with Crippen LogP contribution in [0.5, 0.6) is 0 Å². The maximum atomic E-state index is 7.38. The summed E-state index contributed by atoms with van der Waals surface area (Å²) in [6.45, 7) is 21.0. The zero-order valence-corrected chi connectivity index (χ0v) is 40.4. The van der Waals surface area contributed by atoms with Crippen LogP contribution in [-0.2, 0) is 16.2 Å². The second-order valence-electron chi connectivity index (χ2n) is 23.0. The Bertz CT molecular complexity index is 3800. The Hall–Kier alpha value is -7.17. The molecule has 0 atom stereocenters. The molecule has 0 radical (unpaired) electrons. The van der Waals surface area contributed by atoms with Crippen molar-refractivity contribution < 1.29 is 4.42 Å². The molecule has 0 unspecified atom stereocenters. The Labute approximate surface area is 400 Å². The molecule has 0 fully saturated rings. The number of furan rings is 1. The molecule has 0 N–H and O–H groups in total. The number of nitrogens with zero attached hydrogens (tertiary/aromatic N) is 3. The lowest BCUT2D eigenvalue weighted by Gasteiger charge is -2.51. The van der Waals surface area contributed by atoms with E-state index in [1.165, 1.54) is 99.7 Å². The quantitative estimate of drug-likeness (QED) is 0.162. The number of rotatable bonds is 2. The summed E-state index contributed by atoms with van der Waals surface area (Å²) in [7, 11) is 0. The normalized spacial score (nSPS) is 14.4. The van der Waals surface area contributed by atoms with Crippen LogP contribution < -0.4 is 37.2 Å². The van der Waals surface area contributed by atoms with Crippen LogP contribution in [0.25, 0.3) is 60.7 Å². The second-order valence-corrected chi connectivity index (χ2v) is 23.0. The van der Waals surface area contributed by atoms with Crippen molar-refractivity contribution in [2.24, 2.45) is 0 Å². The van der Waals surface area contributed by atoms with E-state index in [0.717, 1.165) is 33.7 Å². The molecule has 14 rings (SSSR count). The number of aromatic nitrogens is 1. The van der Waals surface area contributed by atoms with E-state index < -0.39 is 0 Å². The van der Waals surface area contributed by atoms with Gasteiger partial charge in [-0.25, -0.2) is 0 Å². The molecule has 8 aromatic carbocycles. The molecule has 0 aliphatic carbocycles. The Morgan fingerprint density at radius 2 is 0.985 bits per heavy atom. The van der Waals surface area contributed by atoms with Crippen LogP contribution in [0.2, 0.25) is 0 Å². The largest absolute Gasteiger partial charge is 0.468 e. The number of benzene rings is 8. The zero-order chi connectivity index (χ0) is 46.3. The van der Waals surface area contributed by atoms with E-state index >= 15 is 0 Å². The smallest absolute Gasteiger partial charge is 0.329 e. The maximum Gasteiger partial charge on any atom is 0.329 e. The van der Waals surface area contributed by atoms with Gasteiger partial charge in [0.25, 0.3) is 6.71 Å². The van der Waals surface area contributed by atoms with E-state index in [9.17, 15) is 0 Å². The Kier molecular flexibility index (Phi) is 7.81. The fraction of sp³-hybridized carbons (Fsp3) is 0.194. The summed E-state index contributed by atoms with van der Waals surface area (Å²) in [6.07, 6.45) is 0. The molecule has 10 aromatic rings. The van der Waals surface area contributed by atoms with E-state index in [0.29, 0.717) is 0 Å². The Morgan fingerprint density at radius 1 is 0.426 bits per heavy atom. The molecule has 0 amide bonds. The lowest BCUT2D eigenvalue weighted by molar-refractivity contribution is 0.590. The Balaban J connectivity index is 1.11. The molecule has 2 aromatic heterocycles. The van der Waals surface area contributed by atoms with E-state index in [1.807, 2.05) is 0 Å². The minimum atomic E-state index is -0.141. The predicted octanol–water partition coefficient (Wildman–Crippen LogP) is 12.9. The summed E-state index contributed by atoms with van der Waals surface area (Å²) < 4.78 is 9.82. The van der Waals surface area contributed by atoms with Crippen molar-refractivity contribution in [2.45, 2.75) is 78.6 Å². The third-order valence-electron chi connectivity index (χ3n) is 15.8. The van der Waals surface area contributed by atoms with Crippen LogP contribution in [-0.4, -0.2) is 18.1 Å². The van der Waals surface area contributed by atoms with Crippen LogP contribution in [0.1, 0.15) is 79.0 Å².